The number of nitrogens with zero attached hydrogens (tertiary/aromatic N) is 2. The first-order valence-corrected chi connectivity index (χ1v) is 9.55. The molecule has 3 aromatic rings. The molecule has 6 nitrogen and oxygen atoms in total. The molecule has 1 aromatic carbocycles. The fourth-order valence-corrected chi connectivity index (χ4v) is 4.12. The van der Waals surface area contributed by atoms with Crippen LogP contribution in [0.5, 0.6) is 11.5 Å². The summed E-state index contributed by atoms with van der Waals surface area (Å²) in [6.07, 6.45) is 3.43. The van der Waals surface area contributed by atoms with Gasteiger partial charge in [-0.1, -0.05) is 0 Å². The van der Waals surface area contributed by atoms with E-state index in [0.29, 0.717) is 6.54 Å². The number of ether oxygens (including phenoxy) is 1. The van der Waals surface area contributed by atoms with Gasteiger partial charge < -0.3 is 14.8 Å². The molecule has 2 N–H and O–H groups in total. The number of benzene rings is 1. The lowest BCUT2D eigenvalue weighted by Gasteiger charge is -2.32. The van der Waals surface area contributed by atoms with E-state index in [1.165, 1.54) is 17.0 Å². The quantitative estimate of drug-likeness (QED) is 0.737. The molecule has 0 atom stereocenters. The maximum atomic E-state index is 11.5. The molecule has 0 amide bonds. The van der Waals surface area contributed by atoms with Crippen molar-refractivity contribution >= 4 is 21.6 Å². The van der Waals surface area contributed by atoms with E-state index in [1.54, 1.807) is 11.3 Å². The summed E-state index contributed by atoms with van der Waals surface area (Å²) >= 11 is 1.70. The van der Waals surface area contributed by atoms with Gasteiger partial charge in [-0.25, -0.2) is 4.98 Å². The third-order valence-corrected chi connectivity index (χ3v) is 5.60. The van der Waals surface area contributed by atoms with Crippen LogP contribution in [0.3, 0.4) is 0 Å². The molecule has 0 radical (unpaired) electrons. The fourth-order valence-electron chi connectivity index (χ4n) is 3.31. The summed E-state index contributed by atoms with van der Waals surface area (Å²) in [6.45, 7) is 4.51. The normalized spacial score (nSPS) is 16.2. The molecule has 7 heteroatoms. The predicted molar refractivity (Wildman–Crippen MR) is 102 cm³/mol. The molecule has 1 aliphatic rings. The van der Waals surface area contributed by atoms with Crippen LogP contribution in [0.4, 0.5) is 0 Å². The van der Waals surface area contributed by atoms with Gasteiger partial charge in [0.05, 0.1) is 15.2 Å². The van der Waals surface area contributed by atoms with Crippen molar-refractivity contribution in [1.82, 2.24) is 14.9 Å². The van der Waals surface area contributed by atoms with Crippen LogP contribution in [0.25, 0.3) is 10.2 Å². The van der Waals surface area contributed by atoms with Crippen molar-refractivity contribution in [2.24, 2.45) is 0 Å². The van der Waals surface area contributed by atoms with Gasteiger partial charge in [-0.3, -0.25) is 9.69 Å². The number of piperidine rings is 1. The standard InChI is InChI=1S/C19H21N3O3S/c1-12-21-16-9-15(2-3-19(16)26-12)25-14-4-6-22(7-5-14)11-13-8-17(23)18(24)10-20-13/h2-3,8-10,14,24H,4-7,11H2,1H3,(H,20,23). The summed E-state index contributed by atoms with van der Waals surface area (Å²) < 4.78 is 7.34. The molecule has 136 valence electrons. The predicted octanol–water partition coefficient (Wildman–Crippen LogP) is 3.04. The van der Waals surface area contributed by atoms with Gasteiger partial charge in [-0.2, -0.15) is 0 Å². The van der Waals surface area contributed by atoms with E-state index in [4.69, 9.17) is 4.74 Å². The number of thiazole rings is 1. The number of aromatic nitrogens is 2. The monoisotopic (exact) mass is 371 g/mol. The molecule has 1 fully saturated rings. The second-order valence-electron chi connectivity index (χ2n) is 6.66. The highest BCUT2D eigenvalue weighted by Gasteiger charge is 2.21. The smallest absolute Gasteiger partial charge is 0.223 e. The topological polar surface area (TPSA) is 78.4 Å². The number of pyridine rings is 1. The number of hydrogen-bond acceptors (Lipinski definition) is 6. The summed E-state index contributed by atoms with van der Waals surface area (Å²) in [5.74, 6) is 0.636. The lowest BCUT2D eigenvalue weighted by Crippen LogP contribution is -2.38. The minimum absolute atomic E-state index is 0.197. The average Bonchev–Trinajstić information content (AvgIpc) is 2.99. The van der Waals surface area contributed by atoms with Crippen LogP contribution in [0.1, 0.15) is 23.5 Å². The molecule has 26 heavy (non-hydrogen) atoms. The summed E-state index contributed by atoms with van der Waals surface area (Å²) in [7, 11) is 0. The van der Waals surface area contributed by atoms with Crippen LogP contribution in [-0.2, 0) is 6.54 Å². The largest absolute Gasteiger partial charge is 0.503 e. The van der Waals surface area contributed by atoms with E-state index in [2.05, 4.69) is 20.9 Å². The highest BCUT2D eigenvalue weighted by atomic mass is 32.1. The summed E-state index contributed by atoms with van der Waals surface area (Å²) in [6, 6.07) is 7.58. The summed E-state index contributed by atoms with van der Waals surface area (Å²) in [4.78, 5) is 21.3. The van der Waals surface area contributed by atoms with Crippen LogP contribution in [0.2, 0.25) is 0 Å². The molecule has 0 saturated carbocycles. The van der Waals surface area contributed by atoms with E-state index in [1.807, 2.05) is 19.1 Å². The fraction of sp³-hybridized carbons (Fsp3) is 0.368. The lowest BCUT2D eigenvalue weighted by atomic mass is 10.1. The molecule has 2 aromatic heterocycles. The van der Waals surface area contributed by atoms with Gasteiger partial charge >= 0.3 is 0 Å². The number of aromatic hydroxyl groups is 1. The Morgan fingerprint density at radius 1 is 1.35 bits per heavy atom. The number of rotatable bonds is 4. The zero-order chi connectivity index (χ0) is 18.1. The van der Waals surface area contributed by atoms with Crippen LogP contribution in [0, 0.1) is 6.92 Å². The average molecular weight is 371 g/mol. The number of aryl methyl sites for hydroxylation is 1. The number of aromatic amines is 1. The van der Waals surface area contributed by atoms with Gasteiger partial charge in [0.15, 0.2) is 5.75 Å². The number of nitrogens with one attached hydrogen (secondary N) is 1. The Labute approximate surface area is 155 Å². The van der Waals surface area contributed by atoms with E-state index in [9.17, 15) is 9.90 Å². The van der Waals surface area contributed by atoms with Gasteiger partial charge in [0.25, 0.3) is 0 Å². The molecule has 0 aliphatic carbocycles. The third-order valence-electron chi connectivity index (χ3n) is 4.65. The number of fused-ring (bicyclic) bond motifs is 1. The minimum atomic E-state index is -0.343. The molecular formula is C19H21N3O3S. The Morgan fingerprint density at radius 3 is 2.92 bits per heavy atom. The number of likely N-dealkylation sites (tertiary alicyclic amines) is 1. The minimum Gasteiger partial charge on any atom is -0.503 e. The first-order valence-electron chi connectivity index (χ1n) is 8.73. The number of hydrogen-bond donors (Lipinski definition) is 2. The lowest BCUT2D eigenvalue weighted by molar-refractivity contribution is 0.0962. The van der Waals surface area contributed by atoms with Crippen molar-refractivity contribution in [3.8, 4) is 11.5 Å². The van der Waals surface area contributed by atoms with Crippen LogP contribution in [0.15, 0.2) is 35.3 Å². The first kappa shape index (κ1) is 17.1. The molecular weight excluding hydrogens is 350 g/mol. The number of H-pyrrole nitrogens is 1. The molecule has 0 unspecified atom stereocenters. The SMILES string of the molecule is Cc1nc2cc(OC3CCN(Cc4cc(=O)c(O)c[nH]4)CC3)ccc2s1. The summed E-state index contributed by atoms with van der Waals surface area (Å²) in [5, 5.41) is 10.4. The second kappa shape index (κ2) is 7.09. The van der Waals surface area contributed by atoms with Crippen molar-refractivity contribution in [2.75, 3.05) is 13.1 Å². The van der Waals surface area contributed by atoms with Gasteiger partial charge in [0.2, 0.25) is 5.43 Å². The Bertz CT molecular complexity index is 974. The molecule has 1 aliphatic heterocycles. The maximum absolute atomic E-state index is 11.5. The first-order chi connectivity index (χ1) is 12.6. The van der Waals surface area contributed by atoms with Gasteiger partial charge in [-0.05, 0) is 31.9 Å². The van der Waals surface area contributed by atoms with E-state index in [0.717, 1.165) is 47.9 Å². The van der Waals surface area contributed by atoms with Crippen LogP contribution >= 0.6 is 11.3 Å². The molecule has 0 bridgehead atoms. The van der Waals surface area contributed by atoms with Crippen molar-refractivity contribution in [3.63, 3.8) is 0 Å². The van der Waals surface area contributed by atoms with Crippen molar-refractivity contribution in [1.29, 1.82) is 0 Å². The van der Waals surface area contributed by atoms with E-state index < -0.39 is 0 Å². The zero-order valence-corrected chi connectivity index (χ0v) is 15.4. The van der Waals surface area contributed by atoms with Crippen LogP contribution in [-0.4, -0.2) is 39.2 Å². The van der Waals surface area contributed by atoms with Crippen molar-refractivity contribution in [3.05, 3.63) is 51.4 Å². The highest BCUT2D eigenvalue weighted by molar-refractivity contribution is 7.18. The molecule has 4 rings (SSSR count). The zero-order valence-electron chi connectivity index (χ0n) is 14.6. The van der Waals surface area contributed by atoms with Crippen molar-refractivity contribution in [2.45, 2.75) is 32.4 Å². The summed E-state index contributed by atoms with van der Waals surface area (Å²) in [5.41, 5.74) is 1.47. The van der Waals surface area contributed by atoms with E-state index >= 15 is 0 Å². The molecule has 3 heterocycles. The van der Waals surface area contributed by atoms with Gasteiger partial charge in [0.1, 0.15) is 11.9 Å². The van der Waals surface area contributed by atoms with Gasteiger partial charge in [-0.15, -0.1) is 11.3 Å². The maximum Gasteiger partial charge on any atom is 0.223 e. The molecule has 1 saturated heterocycles. The highest BCUT2D eigenvalue weighted by Crippen LogP contribution is 2.27. The third kappa shape index (κ3) is 3.73. The van der Waals surface area contributed by atoms with E-state index in [-0.39, 0.29) is 17.3 Å². The Kier molecular flexibility index (Phi) is 4.65. The van der Waals surface area contributed by atoms with Crippen LogP contribution < -0.4 is 10.2 Å². The Morgan fingerprint density at radius 2 is 2.15 bits per heavy atom. The van der Waals surface area contributed by atoms with Gasteiger partial charge in [0, 0.05) is 43.7 Å². The van der Waals surface area contributed by atoms with Crippen molar-refractivity contribution < 1.29 is 9.84 Å². The molecule has 0 spiro atoms. The Hall–Kier alpha value is -2.38. The second-order valence-corrected chi connectivity index (χ2v) is 7.90. The Balaban J connectivity index is 1.33.